The summed E-state index contributed by atoms with van der Waals surface area (Å²) in [6.45, 7) is 20.5. The van der Waals surface area contributed by atoms with Crippen LogP contribution in [0.25, 0.3) is 0 Å². The summed E-state index contributed by atoms with van der Waals surface area (Å²) in [6, 6.07) is 0. The second-order valence-electron chi connectivity index (χ2n) is 9.63. The Labute approximate surface area is 198 Å². The fourth-order valence-corrected chi connectivity index (χ4v) is 4.35. The molecule has 0 amide bonds. The Kier molecular flexibility index (Phi) is 10.8. The quantitative estimate of drug-likeness (QED) is 0.240. The molecule has 0 spiro atoms. The van der Waals surface area contributed by atoms with Crippen LogP contribution in [0.5, 0.6) is 0 Å². The Bertz CT molecular complexity index is 840. The first-order valence-electron chi connectivity index (χ1n) is 12.5. The monoisotopic (exact) mass is 431 g/mol. The fraction of sp³-hybridized carbons (Fsp3) is 0.484. The molecule has 1 heteroatoms. The molecule has 32 heavy (non-hydrogen) atoms. The lowest BCUT2D eigenvalue weighted by molar-refractivity contribution is 0.547. The molecule has 0 aromatic heterocycles. The minimum Gasteiger partial charge on any atom is -0.381 e. The van der Waals surface area contributed by atoms with E-state index in [1.807, 2.05) is 6.08 Å². The zero-order valence-corrected chi connectivity index (χ0v) is 21.2. The van der Waals surface area contributed by atoms with Crippen LogP contribution in [-0.2, 0) is 0 Å². The van der Waals surface area contributed by atoms with Gasteiger partial charge in [0.25, 0.3) is 0 Å². The normalized spacial score (nSPS) is 22.5. The topological polar surface area (TPSA) is 12.0 Å². The largest absolute Gasteiger partial charge is 0.381 e. The van der Waals surface area contributed by atoms with Gasteiger partial charge in [0.1, 0.15) is 0 Å². The van der Waals surface area contributed by atoms with Crippen LogP contribution in [-0.4, -0.2) is 6.54 Å². The lowest BCUT2D eigenvalue weighted by Crippen LogP contribution is -2.22. The maximum absolute atomic E-state index is 4.29. The molecule has 0 bridgehead atoms. The first-order chi connectivity index (χ1) is 15.4. The third kappa shape index (κ3) is 8.01. The predicted molar refractivity (Wildman–Crippen MR) is 143 cm³/mol. The molecule has 1 aliphatic carbocycles. The van der Waals surface area contributed by atoms with Crippen LogP contribution in [0.15, 0.2) is 95.3 Å². The van der Waals surface area contributed by atoms with Crippen molar-refractivity contribution >= 4 is 0 Å². The molecule has 1 aliphatic heterocycles. The molecule has 0 fully saturated rings. The van der Waals surface area contributed by atoms with Crippen LogP contribution in [0, 0.1) is 17.8 Å². The van der Waals surface area contributed by atoms with Crippen molar-refractivity contribution in [3.63, 3.8) is 0 Å². The van der Waals surface area contributed by atoms with Crippen LogP contribution >= 0.6 is 0 Å². The van der Waals surface area contributed by atoms with Gasteiger partial charge in [0.2, 0.25) is 0 Å². The lowest BCUT2D eigenvalue weighted by atomic mass is 9.86. The summed E-state index contributed by atoms with van der Waals surface area (Å²) in [4.78, 5) is 0. The van der Waals surface area contributed by atoms with E-state index in [2.05, 4.69) is 95.6 Å². The number of rotatable bonds is 12. The number of hydrogen-bond donors (Lipinski definition) is 1. The summed E-state index contributed by atoms with van der Waals surface area (Å²) >= 11 is 0. The van der Waals surface area contributed by atoms with Gasteiger partial charge >= 0.3 is 0 Å². The van der Waals surface area contributed by atoms with Crippen molar-refractivity contribution in [2.75, 3.05) is 6.54 Å². The van der Waals surface area contributed by atoms with Crippen molar-refractivity contribution in [2.45, 2.75) is 73.1 Å². The Balaban J connectivity index is 2.15. The summed E-state index contributed by atoms with van der Waals surface area (Å²) in [5.41, 5.74) is 8.28. The molecule has 1 N–H and O–H groups in total. The Morgan fingerprint density at radius 3 is 2.59 bits per heavy atom. The van der Waals surface area contributed by atoms with Crippen LogP contribution in [0.1, 0.15) is 73.1 Å². The van der Waals surface area contributed by atoms with Crippen LogP contribution in [0.3, 0.4) is 0 Å². The van der Waals surface area contributed by atoms with Gasteiger partial charge in [0, 0.05) is 12.2 Å². The highest BCUT2D eigenvalue weighted by molar-refractivity contribution is 5.43. The summed E-state index contributed by atoms with van der Waals surface area (Å²) in [6.07, 6.45) is 24.8. The highest BCUT2D eigenvalue weighted by Gasteiger charge is 2.15. The van der Waals surface area contributed by atoms with Crippen LogP contribution in [0.4, 0.5) is 0 Å². The number of nitrogens with one attached hydrogen (secondary N) is 1. The zero-order chi connectivity index (χ0) is 23.5. The van der Waals surface area contributed by atoms with E-state index in [0.29, 0.717) is 17.8 Å². The molecule has 1 nitrogen and oxygen atoms in total. The number of hydrogen-bond acceptors (Lipinski definition) is 1. The standard InChI is InChI=1S/C31H45N/c1-8-11-13-30(21-27(10-3)20-28-15-14-24(5)25(6)18-28)31-17-16-29(22-32-31)19-26(7)23(4)12-9-2/h8,10,14-18,21,24-26,32H,1,4,9,11-13,19-20,22H2,2-3,5-7H3/b27-10-,30-21+. The van der Waals surface area contributed by atoms with Gasteiger partial charge in [-0.3, -0.25) is 0 Å². The summed E-state index contributed by atoms with van der Waals surface area (Å²) in [5.74, 6) is 1.79. The average Bonchev–Trinajstić information content (AvgIpc) is 2.79. The van der Waals surface area contributed by atoms with Crippen molar-refractivity contribution in [3.05, 3.63) is 95.3 Å². The van der Waals surface area contributed by atoms with Crippen molar-refractivity contribution < 1.29 is 0 Å². The van der Waals surface area contributed by atoms with E-state index in [1.165, 1.54) is 40.0 Å². The van der Waals surface area contributed by atoms with E-state index in [-0.39, 0.29) is 0 Å². The molecule has 0 radical (unpaired) electrons. The van der Waals surface area contributed by atoms with Crippen molar-refractivity contribution in [1.29, 1.82) is 0 Å². The molecule has 174 valence electrons. The molecule has 3 unspecified atom stereocenters. The van der Waals surface area contributed by atoms with E-state index in [4.69, 9.17) is 0 Å². The highest BCUT2D eigenvalue weighted by Crippen LogP contribution is 2.29. The van der Waals surface area contributed by atoms with Gasteiger partial charge in [-0.15, -0.1) is 6.58 Å². The summed E-state index contributed by atoms with van der Waals surface area (Å²) in [7, 11) is 0. The molecule has 2 aliphatic rings. The third-order valence-electron chi connectivity index (χ3n) is 6.85. The first-order valence-corrected chi connectivity index (χ1v) is 12.5. The predicted octanol–water partition coefficient (Wildman–Crippen LogP) is 8.78. The second-order valence-corrected chi connectivity index (χ2v) is 9.63. The van der Waals surface area contributed by atoms with E-state index in [9.17, 15) is 0 Å². The molecular weight excluding hydrogens is 386 g/mol. The minimum atomic E-state index is 0.547. The van der Waals surface area contributed by atoms with Crippen LogP contribution in [0.2, 0.25) is 0 Å². The Morgan fingerprint density at radius 1 is 1.22 bits per heavy atom. The maximum Gasteiger partial charge on any atom is 0.0375 e. The molecule has 2 rings (SSSR count). The highest BCUT2D eigenvalue weighted by atomic mass is 14.9. The minimum absolute atomic E-state index is 0.547. The molecule has 0 aromatic rings. The van der Waals surface area contributed by atoms with Crippen molar-refractivity contribution in [1.82, 2.24) is 5.32 Å². The molecule has 0 saturated heterocycles. The first kappa shape index (κ1) is 26.0. The average molecular weight is 432 g/mol. The fourth-order valence-electron chi connectivity index (χ4n) is 4.35. The Morgan fingerprint density at radius 2 is 2.00 bits per heavy atom. The second kappa shape index (κ2) is 13.3. The van der Waals surface area contributed by atoms with Gasteiger partial charge in [-0.1, -0.05) is 94.4 Å². The van der Waals surface area contributed by atoms with Gasteiger partial charge in [-0.05, 0) is 79.6 Å². The Hall–Kier alpha value is -2.28. The van der Waals surface area contributed by atoms with E-state index in [0.717, 1.165) is 38.6 Å². The molecule has 0 aromatic carbocycles. The van der Waals surface area contributed by atoms with E-state index >= 15 is 0 Å². The lowest BCUT2D eigenvalue weighted by Gasteiger charge is -2.23. The molecule has 1 heterocycles. The van der Waals surface area contributed by atoms with E-state index in [1.54, 1.807) is 0 Å². The van der Waals surface area contributed by atoms with Gasteiger partial charge in [0.15, 0.2) is 0 Å². The molecular formula is C31H45N. The smallest absolute Gasteiger partial charge is 0.0375 e. The van der Waals surface area contributed by atoms with Gasteiger partial charge in [0.05, 0.1) is 0 Å². The van der Waals surface area contributed by atoms with Gasteiger partial charge in [-0.2, -0.15) is 0 Å². The van der Waals surface area contributed by atoms with Gasteiger partial charge in [-0.25, -0.2) is 0 Å². The van der Waals surface area contributed by atoms with Crippen LogP contribution < -0.4 is 5.32 Å². The van der Waals surface area contributed by atoms with Crippen molar-refractivity contribution in [2.24, 2.45) is 17.8 Å². The number of allylic oxidation sites excluding steroid dienone is 12. The zero-order valence-electron chi connectivity index (χ0n) is 21.2. The number of dihydropyridines is 1. The maximum atomic E-state index is 4.29. The molecule has 3 atom stereocenters. The third-order valence-corrected chi connectivity index (χ3v) is 6.85. The summed E-state index contributed by atoms with van der Waals surface area (Å²) in [5, 5.41) is 3.71. The van der Waals surface area contributed by atoms with Gasteiger partial charge < -0.3 is 5.32 Å². The summed E-state index contributed by atoms with van der Waals surface area (Å²) < 4.78 is 0. The van der Waals surface area contributed by atoms with E-state index < -0.39 is 0 Å². The van der Waals surface area contributed by atoms with Crippen molar-refractivity contribution in [3.8, 4) is 0 Å². The molecule has 0 saturated carbocycles. The SMILES string of the molecule is C=CCC/C(=C\C(=C/C)CC1=CC(C)C(C)C=C1)C1=CC=C(CC(C)C(=C)CCC)CN1.